The Morgan fingerprint density at radius 1 is 1.27 bits per heavy atom. The summed E-state index contributed by atoms with van der Waals surface area (Å²) in [7, 11) is 0. The van der Waals surface area contributed by atoms with Gasteiger partial charge in [-0.15, -0.1) is 11.3 Å². The highest BCUT2D eigenvalue weighted by molar-refractivity contribution is 7.17. The van der Waals surface area contributed by atoms with Gasteiger partial charge in [0.2, 0.25) is 0 Å². The number of benzene rings is 1. The Labute approximate surface area is 203 Å². The lowest BCUT2D eigenvalue weighted by Crippen LogP contribution is -2.12. The SMILES string of the molecule is CCOc1cc(-c2cc(NCCn3c(C#N)cc4c(Cl)cc(Cl)cc43)ncn2)sc1C(=O)O. The smallest absolute Gasteiger partial charge is 0.349 e. The number of aromatic carboxylic acids is 1. The van der Waals surface area contributed by atoms with E-state index in [-0.39, 0.29) is 4.88 Å². The normalized spacial score (nSPS) is 10.8. The predicted molar refractivity (Wildman–Crippen MR) is 129 cm³/mol. The Balaban J connectivity index is 1.54. The van der Waals surface area contributed by atoms with E-state index in [0.29, 0.717) is 57.6 Å². The molecule has 0 aliphatic heterocycles. The molecule has 2 N–H and O–H groups in total. The van der Waals surface area contributed by atoms with Crippen LogP contribution in [0.5, 0.6) is 5.75 Å². The lowest BCUT2D eigenvalue weighted by Gasteiger charge is -2.10. The van der Waals surface area contributed by atoms with Crippen LogP contribution >= 0.6 is 34.5 Å². The van der Waals surface area contributed by atoms with Gasteiger partial charge in [0.05, 0.1) is 27.7 Å². The highest BCUT2D eigenvalue weighted by Crippen LogP contribution is 2.36. The van der Waals surface area contributed by atoms with Crippen molar-refractivity contribution in [1.29, 1.82) is 5.26 Å². The number of nitrogens with one attached hydrogen (secondary N) is 1. The molecule has 11 heteroatoms. The molecule has 8 nitrogen and oxygen atoms in total. The predicted octanol–water partition coefficient (Wildman–Crippen LogP) is 5.55. The molecule has 3 heterocycles. The number of halogens is 2. The molecule has 3 aromatic heterocycles. The first-order chi connectivity index (χ1) is 15.9. The zero-order valence-corrected chi connectivity index (χ0v) is 19.6. The highest BCUT2D eigenvalue weighted by Gasteiger charge is 2.18. The summed E-state index contributed by atoms with van der Waals surface area (Å²) in [5.74, 6) is -0.164. The van der Waals surface area contributed by atoms with Crippen molar-refractivity contribution in [1.82, 2.24) is 14.5 Å². The summed E-state index contributed by atoms with van der Waals surface area (Å²) in [6.07, 6.45) is 1.41. The van der Waals surface area contributed by atoms with Crippen LogP contribution < -0.4 is 10.1 Å². The van der Waals surface area contributed by atoms with Crippen molar-refractivity contribution in [2.24, 2.45) is 0 Å². The maximum Gasteiger partial charge on any atom is 0.349 e. The maximum atomic E-state index is 11.5. The molecule has 1 aromatic carbocycles. The van der Waals surface area contributed by atoms with Crippen molar-refractivity contribution in [2.75, 3.05) is 18.5 Å². The molecule has 4 rings (SSSR count). The van der Waals surface area contributed by atoms with Crippen molar-refractivity contribution in [3.05, 3.63) is 57.3 Å². The highest BCUT2D eigenvalue weighted by atomic mass is 35.5. The van der Waals surface area contributed by atoms with E-state index in [2.05, 4.69) is 21.4 Å². The minimum atomic E-state index is -1.05. The number of carboxylic acid groups (broad SMARTS) is 1. The largest absolute Gasteiger partial charge is 0.492 e. The van der Waals surface area contributed by atoms with E-state index in [0.717, 1.165) is 22.2 Å². The zero-order valence-electron chi connectivity index (χ0n) is 17.3. The van der Waals surface area contributed by atoms with Gasteiger partial charge in [0.1, 0.15) is 29.7 Å². The molecule has 0 saturated carbocycles. The molecular formula is C22H17Cl2N5O3S. The summed E-state index contributed by atoms with van der Waals surface area (Å²) in [6, 6.07) is 10.8. The van der Waals surface area contributed by atoms with E-state index in [1.54, 1.807) is 37.3 Å². The third kappa shape index (κ3) is 4.73. The van der Waals surface area contributed by atoms with E-state index in [4.69, 9.17) is 27.9 Å². The minimum Gasteiger partial charge on any atom is -0.492 e. The Kier molecular flexibility index (Phi) is 6.70. The Bertz CT molecular complexity index is 1390. The fourth-order valence-corrected chi connectivity index (χ4v) is 4.86. The van der Waals surface area contributed by atoms with Crippen LogP contribution in [0.15, 0.2) is 36.7 Å². The van der Waals surface area contributed by atoms with Gasteiger partial charge in [-0.1, -0.05) is 23.2 Å². The van der Waals surface area contributed by atoms with Gasteiger partial charge >= 0.3 is 5.97 Å². The second-order valence-corrected chi connectivity index (χ2v) is 8.77. The van der Waals surface area contributed by atoms with Crippen LogP contribution in [0.3, 0.4) is 0 Å². The zero-order chi connectivity index (χ0) is 23.5. The third-order valence-corrected chi connectivity index (χ3v) is 6.46. The molecule has 4 aromatic rings. The summed E-state index contributed by atoms with van der Waals surface area (Å²) >= 11 is 13.5. The average Bonchev–Trinajstić information content (AvgIpc) is 3.36. The lowest BCUT2D eigenvalue weighted by atomic mass is 10.2. The lowest BCUT2D eigenvalue weighted by molar-refractivity contribution is 0.0698. The summed E-state index contributed by atoms with van der Waals surface area (Å²) in [6.45, 7) is 3.10. The van der Waals surface area contributed by atoms with E-state index in [1.807, 2.05) is 4.57 Å². The van der Waals surface area contributed by atoms with Crippen LogP contribution in [0.25, 0.3) is 21.5 Å². The van der Waals surface area contributed by atoms with E-state index in [9.17, 15) is 15.2 Å². The number of fused-ring (bicyclic) bond motifs is 1. The molecule has 0 radical (unpaired) electrons. The Hall–Kier alpha value is -3.32. The first-order valence-corrected chi connectivity index (χ1v) is 11.4. The van der Waals surface area contributed by atoms with Gasteiger partial charge in [-0.3, -0.25) is 0 Å². The van der Waals surface area contributed by atoms with Gasteiger partial charge in [-0.25, -0.2) is 14.8 Å². The van der Waals surface area contributed by atoms with Crippen LogP contribution in [0, 0.1) is 11.3 Å². The van der Waals surface area contributed by atoms with E-state index in [1.165, 1.54) is 6.33 Å². The Morgan fingerprint density at radius 3 is 2.82 bits per heavy atom. The number of nitrogens with zero attached hydrogens (tertiary/aromatic N) is 4. The number of carbonyl (C=O) groups is 1. The van der Waals surface area contributed by atoms with Crippen LogP contribution in [-0.2, 0) is 6.54 Å². The molecule has 0 atom stereocenters. The molecule has 0 spiro atoms. The molecule has 0 amide bonds. The number of rotatable bonds is 8. The first kappa shape index (κ1) is 22.9. The summed E-state index contributed by atoms with van der Waals surface area (Å²) in [5, 5.41) is 23.9. The van der Waals surface area contributed by atoms with Crippen LogP contribution in [0.1, 0.15) is 22.3 Å². The number of hydrogen-bond acceptors (Lipinski definition) is 7. The van der Waals surface area contributed by atoms with Crippen molar-refractivity contribution >= 4 is 57.2 Å². The first-order valence-electron chi connectivity index (χ1n) is 9.85. The molecular weight excluding hydrogens is 485 g/mol. The molecule has 0 saturated heterocycles. The third-order valence-electron chi connectivity index (χ3n) is 4.80. The summed E-state index contributed by atoms with van der Waals surface area (Å²) < 4.78 is 7.28. The average molecular weight is 502 g/mol. The monoisotopic (exact) mass is 501 g/mol. The van der Waals surface area contributed by atoms with Crippen molar-refractivity contribution in [3.8, 4) is 22.4 Å². The molecule has 0 fully saturated rings. The van der Waals surface area contributed by atoms with Gasteiger partial charge < -0.3 is 19.7 Å². The van der Waals surface area contributed by atoms with Crippen molar-refractivity contribution in [3.63, 3.8) is 0 Å². The standard InChI is InChI=1S/C22H17Cl2N5O3S/c1-2-32-18-9-19(33-21(18)22(30)31)16-8-20(28-11-27-16)26-3-4-29-13(10-25)7-14-15(24)5-12(23)6-17(14)29/h5-9,11H,2-4H2,1H3,(H,30,31)(H,26,27,28). The number of hydrogen-bond donors (Lipinski definition) is 2. The second kappa shape index (κ2) is 9.67. The molecule has 0 aliphatic rings. The van der Waals surface area contributed by atoms with Gasteiger partial charge in [0, 0.05) is 35.6 Å². The van der Waals surface area contributed by atoms with E-state index < -0.39 is 5.97 Å². The number of nitriles is 1. The Morgan fingerprint density at radius 2 is 2.09 bits per heavy atom. The second-order valence-electron chi connectivity index (χ2n) is 6.87. The number of carboxylic acids is 1. The molecule has 33 heavy (non-hydrogen) atoms. The molecule has 168 valence electrons. The van der Waals surface area contributed by atoms with Crippen LogP contribution in [0.2, 0.25) is 10.0 Å². The van der Waals surface area contributed by atoms with Gasteiger partial charge in [-0.2, -0.15) is 5.26 Å². The van der Waals surface area contributed by atoms with Gasteiger partial charge in [0.25, 0.3) is 0 Å². The van der Waals surface area contributed by atoms with Gasteiger partial charge in [0.15, 0.2) is 4.88 Å². The quantitative estimate of drug-likeness (QED) is 0.325. The molecule has 0 unspecified atom stereocenters. The topological polar surface area (TPSA) is 113 Å². The summed E-state index contributed by atoms with van der Waals surface area (Å²) in [4.78, 5) is 20.8. The van der Waals surface area contributed by atoms with Crippen molar-refractivity contribution < 1.29 is 14.6 Å². The fraction of sp³-hybridized carbons (Fsp3) is 0.182. The molecule has 0 bridgehead atoms. The van der Waals surface area contributed by atoms with Crippen LogP contribution in [-0.4, -0.2) is 38.8 Å². The van der Waals surface area contributed by atoms with E-state index >= 15 is 0 Å². The van der Waals surface area contributed by atoms with Crippen LogP contribution in [0.4, 0.5) is 5.82 Å². The van der Waals surface area contributed by atoms with Gasteiger partial charge in [-0.05, 0) is 25.1 Å². The number of thiophene rings is 1. The minimum absolute atomic E-state index is 0.126. The number of ether oxygens (including phenoxy) is 1. The fourth-order valence-electron chi connectivity index (χ4n) is 3.41. The number of aromatic nitrogens is 3. The summed E-state index contributed by atoms with van der Waals surface area (Å²) in [5.41, 5.74) is 1.83. The maximum absolute atomic E-state index is 11.5. The number of anilines is 1. The molecule has 0 aliphatic carbocycles. The van der Waals surface area contributed by atoms with Crippen molar-refractivity contribution in [2.45, 2.75) is 13.5 Å².